The molecule has 2 heterocycles. The fraction of sp³-hybridized carbons (Fsp3) is 0.200. The van der Waals surface area contributed by atoms with Crippen molar-refractivity contribution < 1.29 is 4.79 Å². The van der Waals surface area contributed by atoms with E-state index >= 15 is 0 Å². The molecule has 0 atom stereocenters. The van der Waals surface area contributed by atoms with Crippen LogP contribution in [0, 0.1) is 20.8 Å². The first-order valence-corrected chi connectivity index (χ1v) is 8.38. The van der Waals surface area contributed by atoms with Crippen molar-refractivity contribution >= 4 is 17.4 Å². The van der Waals surface area contributed by atoms with Gasteiger partial charge in [-0.15, -0.1) is 0 Å². The topological polar surface area (TPSA) is 79.8 Å². The molecule has 2 N–H and O–H groups in total. The molecular weight excluding hydrogens is 326 g/mol. The van der Waals surface area contributed by atoms with Crippen LogP contribution in [0.5, 0.6) is 0 Å². The van der Waals surface area contributed by atoms with Gasteiger partial charge in [-0.1, -0.05) is 23.8 Å². The van der Waals surface area contributed by atoms with Crippen molar-refractivity contribution in [1.82, 2.24) is 20.3 Å². The number of rotatable bonds is 5. The van der Waals surface area contributed by atoms with E-state index in [1.54, 1.807) is 12.4 Å². The van der Waals surface area contributed by atoms with Gasteiger partial charge in [0, 0.05) is 11.9 Å². The van der Waals surface area contributed by atoms with Crippen molar-refractivity contribution in [2.24, 2.45) is 0 Å². The molecule has 0 saturated heterocycles. The van der Waals surface area contributed by atoms with Gasteiger partial charge in [-0.2, -0.15) is 0 Å². The number of hydrogen-bond acceptors (Lipinski definition) is 5. The first-order chi connectivity index (χ1) is 12.5. The zero-order valence-corrected chi connectivity index (χ0v) is 15.1. The second-order valence-electron chi connectivity index (χ2n) is 6.19. The number of nitrogens with zero attached hydrogens (tertiary/aromatic N) is 3. The minimum Gasteiger partial charge on any atom is -0.345 e. The molecule has 1 aromatic carbocycles. The number of aromatic nitrogens is 3. The second-order valence-corrected chi connectivity index (χ2v) is 6.19. The number of anilines is 2. The van der Waals surface area contributed by atoms with E-state index in [0.29, 0.717) is 12.4 Å². The van der Waals surface area contributed by atoms with Crippen molar-refractivity contribution in [3.63, 3.8) is 0 Å². The summed E-state index contributed by atoms with van der Waals surface area (Å²) in [5.41, 5.74) is 5.57. The molecule has 0 aliphatic carbocycles. The first kappa shape index (κ1) is 17.5. The third-order valence-corrected chi connectivity index (χ3v) is 3.97. The van der Waals surface area contributed by atoms with Gasteiger partial charge < -0.3 is 10.6 Å². The van der Waals surface area contributed by atoms with Gasteiger partial charge in [-0.3, -0.25) is 9.78 Å². The summed E-state index contributed by atoms with van der Waals surface area (Å²) in [7, 11) is 0. The van der Waals surface area contributed by atoms with Crippen LogP contribution in [0.15, 0.2) is 48.9 Å². The van der Waals surface area contributed by atoms with Gasteiger partial charge in [0.15, 0.2) is 0 Å². The van der Waals surface area contributed by atoms with Gasteiger partial charge in [-0.05, 0) is 44.0 Å². The summed E-state index contributed by atoms with van der Waals surface area (Å²) in [6.07, 6.45) is 4.72. The Balaban J connectivity index is 1.66. The number of carbonyl (C=O) groups excluding carboxylic acids is 1. The summed E-state index contributed by atoms with van der Waals surface area (Å²) >= 11 is 0. The van der Waals surface area contributed by atoms with Crippen molar-refractivity contribution in [2.45, 2.75) is 27.3 Å². The molecule has 3 aromatic rings. The third kappa shape index (κ3) is 4.22. The molecule has 0 bridgehead atoms. The van der Waals surface area contributed by atoms with Crippen LogP contribution in [-0.2, 0) is 6.54 Å². The maximum Gasteiger partial charge on any atom is 0.271 e. The molecule has 6 nitrogen and oxygen atoms in total. The lowest BCUT2D eigenvalue weighted by Crippen LogP contribution is -2.24. The maximum absolute atomic E-state index is 12.2. The lowest BCUT2D eigenvalue weighted by Gasteiger charge is -2.13. The van der Waals surface area contributed by atoms with Gasteiger partial charge in [0.05, 0.1) is 24.6 Å². The lowest BCUT2D eigenvalue weighted by molar-refractivity contribution is 0.0945. The normalized spacial score (nSPS) is 10.4. The standard InChI is InChI=1S/C20H21N5O/c1-13-8-14(2)19(15(3)9-13)25-18-12-22-17(11-23-18)20(26)24-10-16-6-4-5-7-21-16/h4-9,11-12H,10H2,1-3H3,(H,23,25)(H,24,26). The molecule has 6 heteroatoms. The van der Waals surface area contributed by atoms with Gasteiger partial charge in [0.25, 0.3) is 5.91 Å². The van der Waals surface area contributed by atoms with E-state index < -0.39 is 0 Å². The lowest BCUT2D eigenvalue weighted by atomic mass is 10.1. The molecular formula is C20H21N5O. The van der Waals surface area contributed by atoms with Crippen LogP contribution in [-0.4, -0.2) is 20.9 Å². The quantitative estimate of drug-likeness (QED) is 0.739. The zero-order valence-electron chi connectivity index (χ0n) is 15.1. The van der Waals surface area contributed by atoms with Crippen molar-refractivity contribution in [3.8, 4) is 0 Å². The Morgan fingerprint density at radius 2 is 1.77 bits per heavy atom. The Kier molecular flexibility index (Phi) is 5.22. The maximum atomic E-state index is 12.2. The molecule has 2 aromatic heterocycles. The summed E-state index contributed by atoms with van der Waals surface area (Å²) < 4.78 is 0. The summed E-state index contributed by atoms with van der Waals surface area (Å²) in [4.78, 5) is 24.8. The van der Waals surface area contributed by atoms with Crippen molar-refractivity contribution in [1.29, 1.82) is 0 Å². The predicted molar refractivity (Wildman–Crippen MR) is 101 cm³/mol. The van der Waals surface area contributed by atoms with Gasteiger partial charge in [0.2, 0.25) is 0 Å². The molecule has 1 amide bonds. The summed E-state index contributed by atoms with van der Waals surface area (Å²) in [6, 6.07) is 9.79. The molecule has 132 valence electrons. The fourth-order valence-electron chi connectivity index (χ4n) is 2.78. The Hall–Kier alpha value is -3.28. The SMILES string of the molecule is Cc1cc(C)c(Nc2cnc(C(=O)NCc3ccccn3)cn2)c(C)c1. The number of amides is 1. The number of benzene rings is 1. The van der Waals surface area contributed by atoms with Gasteiger partial charge in [0.1, 0.15) is 11.5 Å². The van der Waals surface area contributed by atoms with E-state index in [2.05, 4.69) is 58.5 Å². The summed E-state index contributed by atoms with van der Waals surface area (Å²) in [5, 5.41) is 6.06. The fourth-order valence-corrected chi connectivity index (χ4v) is 2.78. The minimum atomic E-state index is -0.280. The van der Waals surface area contributed by atoms with E-state index in [1.165, 1.54) is 11.8 Å². The Morgan fingerprint density at radius 3 is 2.38 bits per heavy atom. The number of nitrogens with one attached hydrogen (secondary N) is 2. The van der Waals surface area contributed by atoms with E-state index in [9.17, 15) is 4.79 Å². The highest BCUT2D eigenvalue weighted by molar-refractivity contribution is 5.92. The molecule has 0 aliphatic rings. The molecule has 0 saturated carbocycles. The molecule has 26 heavy (non-hydrogen) atoms. The van der Waals surface area contributed by atoms with Crippen LogP contribution >= 0.6 is 0 Å². The molecule has 0 unspecified atom stereocenters. The molecule has 0 spiro atoms. The van der Waals surface area contributed by atoms with Gasteiger partial charge >= 0.3 is 0 Å². The van der Waals surface area contributed by atoms with E-state index in [-0.39, 0.29) is 11.6 Å². The van der Waals surface area contributed by atoms with Crippen molar-refractivity contribution in [2.75, 3.05) is 5.32 Å². The van der Waals surface area contributed by atoms with E-state index in [4.69, 9.17) is 0 Å². The van der Waals surface area contributed by atoms with Crippen LogP contribution in [0.1, 0.15) is 32.9 Å². The molecule has 3 rings (SSSR count). The van der Waals surface area contributed by atoms with Gasteiger partial charge in [-0.25, -0.2) is 9.97 Å². The Morgan fingerprint density at radius 1 is 1.00 bits per heavy atom. The van der Waals surface area contributed by atoms with Crippen LogP contribution in [0.25, 0.3) is 0 Å². The minimum absolute atomic E-state index is 0.267. The third-order valence-electron chi connectivity index (χ3n) is 3.97. The highest BCUT2D eigenvalue weighted by Crippen LogP contribution is 2.24. The largest absolute Gasteiger partial charge is 0.345 e. The molecule has 0 radical (unpaired) electrons. The van der Waals surface area contributed by atoms with E-state index in [1.807, 2.05) is 18.2 Å². The highest BCUT2D eigenvalue weighted by Gasteiger charge is 2.09. The number of pyridine rings is 1. The Bertz CT molecular complexity index is 884. The van der Waals surface area contributed by atoms with E-state index in [0.717, 1.165) is 22.5 Å². The summed E-state index contributed by atoms with van der Waals surface area (Å²) in [6.45, 7) is 6.52. The predicted octanol–water partition coefficient (Wildman–Crippen LogP) is 3.47. The van der Waals surface area contributed by atoms with Crippen LogP contribution < -0.4 is 10.6 Å². The number of carbonyl (C=O) groups is 1. The average Bonchev–Trinajstić information content (AvgIpc) is 2.64. The van der Waals surface area contributed by atoms with Crippen LogP contribution in [0.3, 0.4) is 0 Å². The van der Waals surface area contributed by atoms with Crippen LogP contribution in [0.4, 0.5) is 11.5 Å². The van der Waals surface area contributed by atoms with Crippen molar-refractivity contribution in [3.05, 3.63) is 77.0 Å². The monoisotopic (exact) mass is 347 g/mol. The average molecular weight is 347 g/mol. The number of hydrogen-bond donors (Lipinski definition) is 2. The second kappa shape index (κ2) is 7.74. The highest BCUT2D eigenvalue weighted by atomic mass is 16.1. The Labute approximate surface area is 152 Å². The van der Waals surface area contributed by atoms with Crippen LogP contribution in [0.2, 0.25) is 0 Å². The zero-order chi connectivity index (χ0) is 18.5. The molecule has 0 fully saturated rings. The molecule has 0 aliphatic heterocycles. The first-order valence-electron chi connectivity index (χ1n) is 8.38. The number of aryl methyl sites for hydroxylation is 3. The smallest absolute Gasteiger partial charge is 0.271 e. The summed E-state index contributed by atoms with van der Waals surface area (Å²) in [5.74, 6) is 0.318.